The quantitative estimate of drug-likeness (QED) is 0.546. The monoisotopic (exact) mass is 303 g/mol. The predicted molar refractivity (Wildman–Crippen MR) is 75.4 cm³/mol. The molecule has 8 heteroatoms. The van der Waals surface area contributed by atoms with E-state index in [1.807, 2.05) is 0 Å². The van der Waals surface area contributed by atoms with Crippen molar-refractivity contribution in [1.82, 2.24) is 8.96 Å². The van der Waals surface area contributed by atoms with Gasteiger partial charge in [-0.2, -0.15) is 0 Å². The molecule has 0 fully saturated rings. The van der Waals surface area contributed by atoms with E-state index in [1.54, 1.807) is 24.4 Å². The van der Waals surface area contributed by atoms with Crippen LogP contribution in [0.4, 0.5) is 5.69 Å². The van der Waals surface area contributed by atoms with Crippen molar-refractivity contribution in [2.45, 2.75) is 4.90 Å². The Hall–Kier alpha value is -2.74. The Kier molecular flexibility index (Phi) is 2.95. The second kappa shape index (κ2) is 4.67. The van der Waals surface area contributed by atoms with Crippen molar-refractivity contribution in [2.75, 3.05) is 0 Å². The molecule has 106 valence electrons. The van der Waals surface area contributed by atoms with Gasteiger partial charge in [-0.25, -0.2) is 12.4 Å². The van der Waals surface area contributed by atoms with Gasteiger partial charge in [0.2, 0.25) is 0 Å². The van der Waals surface area contributed by atoms with Crippen LogP contribution in [0.5, 0.6) is 0 Å². The molecule has 0 aliphatic rings. The molecule has 0 bridgehead atoms. The minimum atomic E-state index is -3.81. The molecule has 21 heavy (non-hydrogen) atoms. The van der Waals surface area contributed by atoms with E-state index >= 15 is 0 Å². The van der Waals surface area contributed by atoms with Crippen molar-refractivity contribution in [1.29, 1.82) is 0 Å². The van der Waals surface area contributed by atoms with Gasteiger partial charge in [-0.3, -0.25) is 15.1 Å². The average Bonchev–Trinajstić information content (AvgIpc) is 2.92. The van der Waals surface area contributed by atoms with E-state index < -0.39 is 14.9 Å². The minimum Gasteiger partial charge on any atom is -0.258 e. The molecule has 0 aliphatic heterocycles. The first-order valence-electron chi connectivity index (χ1n) is 5.92. The van der Waals surface area contributed by atoms with Crippen LogP contribution in [0, 0.1) is 10.1 Å². The summed E-state index contributed by atoms with van der Waals surface area (Å²) in [5, 5.41) is 10.6. The van der Waals surface area contributed by atoms with Crippen LogP contribution in [-0.4, -0.2) is 22.3 Å². The second-order valence-electron chi connectivity index (χ2n) is 4.28. The fraction of sp³-hybridized carbons (Fsp3) is 0. The number of hydrogen-bond donors (Lipinski definition) is 0. The van der Waals surface area contributed by atoms with E-state index in [2.05, 4.69) is 4.98 Å². The topological polar surface area (TPSA) is 95.1 Å². The largest absolute Gasteiger partial charge is 0.269 e. The number of rotatable bonds is 3. The SMILES string of the molecule is O=[N+]([O-])c1ccc(S(=O)(=O)n2ccc3ncccc32)cc1. The molecule has 0 spiro atoms. The number of hydrogen-bond acceptors (Lipinski definition) is 5. The van der Waals surface area contributed by atoms with Crippen LogP contribution < -0.4 is 0 Å². The number of aromatic nitrogens is 2. The molecule has 0 atom stereocenters. The molecule has 0 aliphatic carbocycles. The van der Waals surface area contributed by atoms with E-state index in [9.17, 15) is 18.5 Å². The Morgan fingerprint density at radius 2 is 1.81 bits per heavy atom. The normalized spacial score (nSPS) is 11.6. The van der Waals surface area contributed by atoms with Crippen molar-refractivity contribution in [2.24, 2.45) is 0 Å². The molecule has 2 aromatic heterocycles. The summed E-state index contributed by atoms with van der Waals surface area (Å²) in [6.45, 7) is 0. The van der Waals surface area contributed by atoms with Gasteiger partial charge in [-0.05, 0) is 30.3 Å². The van der Waals surface area contributed by atoms with Crippen LogP contribution in [0.15, 0.2) is 59.8 Å². The lowest BCUT2D eigenvalue weighted by molar-refractivity contribution is -0.384. The number of nitrogens with zero attached hydrogens (tertiary/aromatic N) is 3. The van der Waals surface area contributed by atoms with Crippen LogP contribution in [0.25, 0.3) is 11.0 Å². The van der Waals surface area contributed by atoms with E-state index in [0.717, 1.165) is 16.1 Å². The van der Waals surface area contributed by atoms with Gasteiger partial charge >= 0.3 is 0 Å². The highest BCUT2D eigenvalue weighted by molar-refractivity contribution is 7.90. The fourth-order valence-electron chi connectivity index (χ4n) is 2.01. The number of pyridine rings is 1. The molecule has 1 aromatic carbocycles. The highest BCUT2D eigenvalue weighted by Crippen LogP contribution is 2.22. The van der Waals surface area contributed by atoms with Crippen molar-refractivity contribution in [3.63, 3.8) is 0 Å². The predicted octanol–water partition coefficient (Wildman–Crippen LogP) is 2.18. The smallest absolute Gasteiger partial charge is 0.258 e. The highest BCUT2D eigenvalue weighted by atomic mass is 32.2. The maximum atomic E-state index is 12.6. The summed E-state index contributed by atoms with van der Waals surface area (Å²) in [5.41, 5.74) is 0.854. The Labute approximate surface area is 119 Å². The number of fused-ring (bicyclic) bond motifs is 1. The van der Waals surface area contributed by atoms with Crippen molar-refractivity contribution in [3.8, 4) is 0 Å². The highest BCUT2D eigenvalue weighted by Gasteiger charge is 2.20. The third-order valence-electron chi connectivity index (χ3n) is 3.03. The lowest BCUT2D eigenvalue weighted by Gasteiger charge is -2.07. The van der Waals surface area contributed by atoms with Gasteiger partial charge in [0.05, 0.1) is 20.9 Å². The van der Waals surface area contributed by atoms with Gasteiger partial charge in [0.25, 0.3) is 15.7 Å². The molecule has 0 saturated carbocycles. The third-order valence-corrected chi connectivity index (χ3v) is 4.73. The van der Waals surface area contributed by atoms with Crippen LogP contribution in [0.1, 0.15) is 0 Å². The number of nitro benzene ring substituents is 1. The first kappa shape index (κ1) is 13.3. The van der Waals surface area contributed by atoms with Gasteiger partial charge in [0, 0.05) is 24.5 Å². The van der Waals surface area contributed by atoms with Gasteiger partial charge in [0.15, 0.2) is 0 Å². The first-order valence-corrected chi connectivity index (χ1v) is 7.36. The summed E-state index contributed by atoms with van der Waals surface area (Å²) >= 11 is 0. The maximum Gasteiger partial charge on any atom is 0.269 e. The van der Waals surface area contributed by atoms with Gasteiger partial charge in [0.1, 0.15) is 0 Å². The summed E-state index contributed by atoms with van der Waals surface area (Å²) in [6.07, 6.45) is 2.99. The third kappa shape index (κ3) is 2.15. The number of benzene rings is 1. The van der Waals surface area contributed by atoms with Crippen molar-refractivity contribution in [3.05, 3.63) is 65.0 Å². The molecule has 7 nitrogen and oxygen atoms in total. The number of nitro groups is 1. The van der Waals surface area contributed by atoms with E-state index in [0.29, 0.717) is 11.0 Å². The minimum absolute atomic E-state index is 0.0190. The Morgan fingerprint density at radius 1 is 1.10 bits per heavy atom. The molecular formula is C13H9N3O4S. The fourth-order valence-corrected chi connectivity index (χ4v) is 3.35. The molecular weight excluding hydrogens is 294 g/mol. The van der Waals surface area contributed by atoms with Crippen molar-refractivity contribution < 1.29 is 13.3 Å². The van der Waals surface area contributed by atoms with E-state index in [1.165, 1.54) is 18.3 Å². The summed E-state index contributed by atoms with van der Waals surface area (Å²) in [6, 6.07) is 9.65. The summed E-state index contributed by atoms with van der Waals surface area (Å²) < 4.78 is 26.2. The van der Waals surface area contributed by atoms with Gasteiger partial charge in [-0.15, -0.1) is 0 Å². The molecule has 3 rings (SSSR count). The zero-order chi connectivity index (χ0) is 15.0. The lowest BCUT2D eigenvalue weighted by atomic mass is 10.3. The van der Waals surface area contributed by atoms with E-state index in [4.69, 9.17) is 0 Å². The average molecular weight is 303 g/mol. The Bertz CT molecular complexity index is 929. The summed E-state index contributed by atoms with van der Waals surface area (Å²) in [4.78, 5) is 14.1. The van der Waals surface area contributed by atoms with Gasteiger partial charge in [-0.1, -0.05) is 0 Å². The maximum absolute atomic E-state index is 12.6. The Morgan fingerprint density at radius 3 is 2.48 bits per heavy atom. The van der Waals surface area contributed by atoms with Crippen LogP contribution >= 0.6 is 0 Å². The van der Waals surface area contributed by atoms with Crippen LogP contribution in [0.2, 0.25) is 0 Å². The molecule has 0 saturated heterocycles. The van der Waals surface area contributed by atoms with Gasteiger partial charge < -0.3 is 0 Å². The second-order valence-corrected chi connectivity index (χ2v) is 6.09. The number of non-ortho nitro benzene ring substituents is 1. The standard InChI is InChI=1S/C13H9N3O4S/c17-16(18)10-3-5-11(6-4-10)21(19,20)15-9-7-12-13(15)2-1-8-14-12/h1-9H. The summed E-state index contributed by atoms with van der Waals surface area (Å²) in [5.74, 6) is 0. The molecule has 0 unspecified atom stereocenters. The molecule has 3 aromatic rings. The lowest BCUT2D eigenvalue weighted by Crippen LogP contribution is -2.11. The van der Waals surface area contributed by atoms with Crippen molar-refractivity contribution >= 4 is 26.7 Å². The first-order chi connectivity index (χ1) is 10.00. The van der Waals surface area contributed by atoms with Crippen LogP contribution in [0.3, 0.4) is 0 Å². The van der Waals surface area contributed by atoms with Crippen LogP contribution in [-0.2, 0) is 10.0 Å². The zero-order valence-electron chi connectivity index (χ0n) is 10.6. The summed E-state index contributed by atoms with van der Waals surface area (Å²) in [7, 11) is -3.81. The molecule has 0 radical (unpaired) electrons. The van der Waals surface area contributed by atoms with E-state index in [-0.39, 0.29) is 10.6 Å². The molecule has 0 N–H and O–H groups in total. The Balaban J connectivity index is 2.14. The zero-order valence-corrected chi connectivity index (χ0v) is 11.4. The molecule has 2 heterocycles. The molecule has 0 amide bonds.